The third-order valence-electron chi connectivity index (χ3n) is 2.02. The molecule has 0 unspecified atom stereocenters. The second-order valence-corrected chi connectivity index (χ2v) is 2.86. The lowest BCUT2D eigenvalue weighted by atomic mass is 10.1. The molecule has 4 heteroatoms. The number of aromatic carboxylic acids is 1. The first-order valence-electron chi connectivity index (χ1n) is 3.99. The van der Waals surface area contributed by atoms with Crippen LogP contribution in [0.4, 0.5) is 0 Å². The quantitative estimate of drug-likeness (QED) is 0.715. The lowest BCUT2D eigenvalue weighted by Crippen LogP contribution is -1.96. The van der Waals surface area contributed by atoms with Crippen molar-refractivity contribution < 1.29 is 15.0 Å². The largest absolute Gasteiger partial charge is 0.506 e. The summed E-state index contributed by atoms with van der Waals surface area (Å²) in [6.07, 6.45) is 3.08. The molecule has 0 atom stereocenters. The monoisotopic (exact) mass is 189 g/mol. The molecule has 0 aliphatic rings. The van der Waals surface area contributed by atoms with Gasteiger partial charge in [-0.3, -0.25) is 4.98 Å². The number of benzene rings is 1. The average Bonchev–Trinajstić information content (AvgIpc) is 2.18. The number of pyridine rings is 1. The Morgan fingerprint density at radius 2 is 2.07 bits per heavy atom. The van der Waals surface area contributed by atoms with Crippen LogP contribution in [0.2, 0.25) is 0 Å². The van der Waals surface area contributed by atoms with Crippen molar-refractivity contribution in [1.82, 2.24) is 4.98 Å². The number of aromatic hydroxyl groups is 1. The van der Waals surface area contributed by atoms with Gasteiger partial charge in [0.2, 0.25) is 0 Å². The van der Waals surface area contributed by atoms with Gasteiger partial charge in [0, 0.05) is 23.2 Å². The topological polar surface area (TPSA) is 70.4 Å². The summed E-state index contributed by atoms with van der Waals surface area (Å²) < 4.78 is 0. The van der Waals surface area contributed by atoms with E-state index in [1.807, 2.05) is 0 Å². The molecular formula is C10H7NO3. The van der Waals surface area contributed by atoms with Crippen LogP contribution in [0.25, 0.3) is 10.8 Å². The van der Waals surface area contributed by atoms with Crippen molar-refractivity contribution in [3.63, 3.8) is 0 Å². The van der Waals surface area contributed by atoms with E-state index in [0.717, 1.165) is 5.39 Å². The number of carbonyl (C=O) groups is 1. The molecule has 0 radical (unpaired) electrons. The van der Waals surface area contributed by atoms with Crippen molar-refractivity contribution in [2.24, 2.45) is 0 Å². The number of phenols is 1. The molecule has 0 spiro atoms. The molecule has 14 heavy (non-hydrogen) atoms. The third kappa shape index (κ3) is 1.17. The molecule has 1 aromatic carbocycles. The van der Waals surface area contributed by atoms with Crippen molar-refractivity contribution in [2.45, 2.75) is 0 Å². The first-order valence-corrected chi connectivity index (χ1v) is 3.99. The highest BCUT2D eigenvalue weighted by Gasteiger charge is 2.11. The van der Waals surface area contributed by atoms with Gasteiger partial charge in [-0.15, -0.1) is 0 Å². The molecule has 4 nitrogen and oxygen atoms in total. The van der Waals surface area contributed by atoms with Crippen molar-refractivity contribution in [2.75, 3.05) is 0 Å². The Kier molecular flexibility index (Phi) is 1.81. The van der Waals surface area contributed by atoms with Gasteiger partial charge in [0.1, 0.15) is 11.3 Å². The Balaban J connectivity index is 2.81. The normalized spacial score (nSPS) is 10.3. The number of rotatable bonds is 1. The second-order valence-electron chi connectivity index (χ2n) is 2.86. The fourth-order valence-electron chi connectivity index (χ4n) is 1.32. The molecule has 1 heterocycles. The van der Waals surface area contributed by atoms with E-state index >= 15 is 0 Å². The summed E-state index contributed by atoms with van der Waals surface area (Å²) in [6.45, 7) is 0. The van der Waals surface area contributed by atoms with Gasteiger partial charge in [-0.2, -0.15) is 0 Å². The van der Waals surface area contributed by atoms with E-state index in [-0.39, 0.29) is 11.3 Å². The molecule has 70 valence electrons. The summed E-state index contributed by atoms with van der Waals surface area (Å²) in [5.74, 6) is -1.35. The standard InChI is InChI=1S/C10H7NO3/c12-9-7-3-4-11-5-6(7)1-2-8(9)10(13)14/h1-5,12H,(H,13,14). The first kappa shape index (κ1) is 8.50. The summed E-state index contributed by atoms with van der Waals surface area (Å²) in [5, 5.41) is 19.6. The lowest BCUT2D eigenvalue weighted by Gasteiger charge is -2.03. The van der Waals surface area contributed by atoms with Crippen LogP contribution in [0.5, 0.6) is 5.75 Å². The van der Waals surface area contributed by atoms with E-state index < -0.39 is 5.97 Å². The maximum absolute atomic E-state index is 10.7. The zero-order chi connectivity index (χ0) is 10.1. The SMILES string of the molecule is O=C(O)c1ccc2cnccc2c1O. The molecule has 1 aromatic heterocycles. The Morgan fingerprint density at radius 1 is 1.29 bits per heavy atom. The Labute approximate surface area is 79.4 Å². The highest BCUT2D eigenvalue weighted by Crippen LogP contribution is 2.27. The number of nitrogens with zero attached hydrogens (tertiary/aromatic N) is 1. The Hall–Kier alpha value is -2.10. The van der Waals surface area contributed by atoms with Crippen molar-refractivity contribution in [3.8, 4) is 5.75 Å². The Bertz CT molecular complexity index is 508. The number of carboxylic acids is 1. The van der Waals surface area contributed by atoms with Gasteiger partial charge in [0.15, 0.2) is 0 Å². The number of hydrogen-bond donors (Lipinski definition) is 2. The first-order chi connectivity index (χ1) is 6.70. The molecule has 0 bridgehead atoms. The molecule has 2 N–H and O–H groups in total. The van der Waals surface area contributed by atoms with Crippen LogP contribution in [0, 0.1) is 0 Å². The van der Waals surface area contributed by atoms with Crippen LogP contribution in [-0.2, 0) is 0 Å². The fourth-order valence-corrected chi connectivity index (χ4v) is 1.32. The van der Waals surface area contributed by atoms with E-state index in [1.54, 1.807) is 18.3 Å². The van der Waals surface area contributed by atoms with Crippen LogP contribution in [0.15, 0.2) is 30.6 Å². The molecule has 2 rings (SSSR count). The van der Waals surface area contributed by atoms with Gasteiger partial charge in [0.25, 0.3) is 0 Å². The highest BCUT2D eigenvalue weighted by atomic mass is 16.4. The van der Waals surface area contributed by atoms with Crippen LogP contribution in [-0.4, -0.2) is 21.2 Å². The van der Waals surface area contributed by atoms with Gasteiger partial charge >= 0.3 is 5.97 Å². The molecule has 0 saturated heterocycles. The van der Waals surface area contributed by atoms with Crippen molar-refractivity contribution in [3.05, 3.63) is 36.2 Å². The van der Waals surface area contributed by atoms with Gasteiger partial charge in [0.05, 0.1) is 0 Å². The van der Waals surface area contributed by atoms with Gasteiger partial charge in [-0.25, -0.2) is 4.79 Å². The van der Waals surface area contributed by atoms with Gasteiger partial charge in [-0.1, -0.05) is 6.07 Å². The number of hydrogen-bond acceptors (Lipinski definition) is 3. The molecule has 2 aromatic rings. The number of carboxylic acid groups (broad SMARTS) is 1. The summed E-state index contributed by atoms with van der Waals surface area (Å²) in [7, 11) is 0. The van der Waals surface area contributed by atoms with E-state index in [0.29, 0.717) is 5.39 Å². The lowest BCUT2D eigenvalue weighted by molar-refractivity contribution is 0.0694. The van der Waals surface area contributed by atoms with E-state index in [1.165, 1.54) is 12.3 Å². The maximum atomic E-state index is 10.7. The summed E-state index contributed by atoms with van der Waals surface area (Å²) >= 11 is 0. The predicted octanol–water partition coefficient (Wildman–Crippen LogP) is 1.64. The number of aromatic nitrogens is 1. The Morgan fingerprint density at radius 3 is 2.79 bits per heavy atom. The zero-order valence-electron chi connectivity index (χ0n) is 7.14. The second kappa shape index (κ2) is 2.99. The molecule has 0 aliphatic carbocycles. The van der Waals surface area contributed by atoms with Gasteiger partial charge in [-0.05, 0) is 12.1 Å². The minimum atomic E-state index is -1.14. The average molecular weight is 189 g/mol. The van der Waals surface area contributed by atoms with Crippen LogP contribution >= 0.6 is 0 Å². The molecule has 0 saturated carbocycles. The number of fused-ring (bicyclic) bond motifs is 1. The van der Waals surface area contributed by atoms with Crippen LogP contribution < -0.4 is 0 Å². The minimum Gasteiger partial charge on any atom is -0.506 e. The summed E-state index contributed by atoms with van der Waals surface area (Å²) in [4.78, 5) is 14.6. The molecule has 0 amide bonds. The minimum absolute atomic E-state index is 0.0938. The van der Waals surface area contributed by atoms with Crippen LogP contribution in [0.3, 0.4) is 0 Å². The maximum Gasteiger partial charge on any atom is 0.339 e. The highest BCUT2D eigenvalue weighted by molar-refractivity contribution is 5.99. The predicted molar refractivity (Wildman–Crippen MR) is 50.4 cm³/mol. The van der Waals surface area contributed by atoms with Crippen LogP contribution in [0.1, 0.15) is 10.4 Å². The van der Waals surface area contributed by atoms with E-state index in [9.17, 15) is 9.90 Å². The molecule has 0 fully saturated rings. The van der Waals surface area contributed by atoms with Crippen molar-refractivity contribution in [1.29, 1.82) is 0 Å². The fraction of sp³-hybridized carbons (Fsp3) is 0. The smallest absolute Gasteiger partial charge is 0.339 e. The van der Waals surface area contributed by atoms with E-state index in [2.05, 4.69) is 4.98 Å². The summed E-state index contributed by atoms with van der Waals surface area (Å²) in [5.41, 5.74) is -0.0938. The molecule has 0 aliphatic heterocycles. The summed E-state index contributed by atoms with van der Waals surface area (Å²) in [6, 6.07) is 4.56. The van der Waals surface area contributed by atoms with E-state index in [4.69, 9.17) is 5.11 Å². The zero-order valence-corrected chi connectivity index (χ0v) is 7.14. The van der Waals surface area contributed by atoms with Gasteiger partial charge < -0.3 is 10.2 Å². The molecular weight excluding hydrogens is 182 g/mol. The third-order valence-corrected chi connectivity index (χ3v) is 2.02. The van der Waals surface area contributed by atoms with Crippen molar-refractivity contribution >= 4 is 16.7 Å².